The number of para-hydroxylation sites is 1. The van der Waals surface area contributed by atoms with Crippen molar-refractivity contribution in [3.63, 3.8) is 0 Å². The molecule has 4 rings (SSSR count). The van der Waals surface area contributed by atoms with Crippen LogP contribution in [-0.4, -0.2) is 24.8 Å². The van der Waals surface area contributed by atoms with Crippen LogP contribution in [-0.2, 0) is 19.9 Å². The van der Waals surface area contributed by atoms with Gasteiger partial charge in [0.1, 0.15) is 0 Å². The lowest BCUT2D eigenvalue weighted by Gasteiger charge is -2.37. The highest BCUT2D eigenvalue weighted by Gasteiger charge is 2.55. The van der Waals surface area contributed by atoms with Crippen molar-refractivity contribution < 1.29 is 14.3 Å². The number of carbonyl (C=O) groups is 2. The molecule has 21 heavy (non-hydrogen) atoms. The van der Waals surface area contributed by atoms with Crippen molar-refractivity contribution in [2.45, 2.75) is 25.4 Å². The van der Waals surface area contributed by atoms with Crippen LogP contribution in [0.4, 0.5) is 5.69 Å². The number of allylic oxidation sites excluding steroid dienone is 1. The van der Waals surface area contributed by atoms with E-state index >= 15 is 0 Å². The van der Waals surface area contributed by atoms with E-state index in [-0.39, 0.29) is 17.6 Å². The number of benzene rings is 1. The first-order valence-corrected chi connectivity index (χ1v) is 7.44. The van der Waals surface area contributed by atoms with Crippen molar-refractivity contribution in [1.29, 1.82) is 0 Å². The number of likely N-dealkylation sites (N-methyl/N-ethyl adjacent to an activating group) is 1. The third-order valence-corrected chi connectivity index (χ3v) is 4.87. The fraction of sp³-hybridized carbons (Fsp3) is 0.412. The first kappa shape index (κ1) is 12.8. The molecule has 4 nitrogen and oxygen atoms in total. The highest BCUT2D eigenvalue weighted by Crippen LogP contribution is 2.51. The van der Waals surface area contributed by atoms with E-state index in [2.05, 4.69) is 0 Å². The van der Waals surface area contributed by atoms with Gasteiger partial charge in [0, 0.05) is 18.5 Å². The molecule has 108 valence electrons. The Balaban J connectivity index is 1.80. The average molecular weight is 283 g/mol. The largest absolute Gasteiger partial charge is 0.356 e. The number of carbonyl (C=O) groups excluding carboxylic acids is 2. The van der Waals surface area contributed by atoms with Gasteiger partial charge in [0.15, 0.2) is 11.4 Å². The number of amides is 1. The van der Waals surface area contributed by atoms with Gasteiger partial charge in [-0.1, -0.05) is 18.2 Å². The van der Waals surface area contributed by atoms with Gasteiger partial charge < -0.3 is 9.64 Å². The fourth-order valence-corrected chi connectivity index (χ4v) is 3.88. The molecule has 1 aliphatic carbocycles. The van der Waals surface area contributed by atoms with Crippen molar-refractivity contribution >= 4 is 17.4 Å². The summed E-state index contributed by atoms with van der Waals surface area (Å²) in [6, 6.07) is 7.84. The zero-order valence-electron chi connectivity index (χ0n) is 12.0. The van der Waals surface area contributed by atoms with Crippen LogP contribution in [0.5, 0.6) is 0 Å². The third kappa shape index (κ3) is 1.59. The van der Waals surface area contributed by atoms with Crippen LogP contribution in [0.2, 0.25) is 0 Å². The molecule has 1 saturated heterocycles. The number of rotatable bonds is 1. The molecule has 0 aromatic heterocycles. The lowest BCUT2D eigenvalue weighted by molar-refractivity contribution is -0.149. The van der Waals surface area contributed by atoms with Crippen LogP contribution in [0.3, 0.4) is 0 Å². The van der Waals surface area contributed by atoms with E-state index in [1.165, 1.54) is 0 Å². The van der Waals surface area contributed by atoms with Crippen molar-refractivity contribution in [3.05, 3.63) is 41.5 Å². The Kier molecular flexibility index (Phi) is 2.60. The molecule has 0 radical (unpaired) electrons. The summed E-state index contributed by atoms with van der Waals surface area (Å²) in [6.45, 7) is 2.99. The van der Waals surface area contributed by atoms with Gasteiger partial charge in [-0.3, -0.25) is 9.59 Å². The van der Waals surface area contributed by atoms with Gasteiger partial charge >= 0.3 is 0 Å². The molecule has 2 aliphatic heterocycles. The maximum atomic E-state index is 12.9. The average Bonchev–Trinajstić information content (AvgIpc) is 2.96. The van der Waals surface area contributed by atoms with Gasteiger partial charge in [-0.15, -0.1) is 0 Å². The normalized spacial score (nSPS) is 30.6. The Hall–Kier alpha value is -1.94. The zero-order valence-corrected chi connectivity index (χ0v) is 12.0. The molecule has 3 aliphatic rings. The second-order valence-electron chi connectivity index (χ2n) is 5.97. The number of hydrogen-bond donors (Lipinski definition) is 0. The monoisotopic (exact) mass is 283 g/mol. The number of nitrogens with zero attached hydrogens (tertiary/aromatic N) is 1. The molecule has 2 heterocycles. The molecule has 1 fully saturated rings. The molecular formula is C17H17NO3. The Morgan fingerprint density at radius 1 is 1.33 bits per heavy atom. The van der Waals surface area contributed by atoms with Crippen LogP contribution < -0.4 is 4.90 Å². The molecule has 1 amide bonds. The summed E-state index contributed by atoms with van der Waals surface area (Å²) in [4.78, 5) is 26.4. The van der Waals surface area contributed by atoms with Gasteiger partial charge in [-0.05, 0) is 37.0 Å². The van der Waals surface area contributed by atoms with Gasteiger partial charge in [0.05, 0.1) is 12.3 Å². The predicted molar refractivity (Wildman–Crippen MR) is 77.9 cm³/mol. The minimum atomic E-state index is -0.890. The lowest BCUT2D eigenvalue weighted by atomic mass is 9.80. The number of ether oxygens (including phenoxy) is 1. The van der Waals surface area contributed by atoms with E-state index in [1.807, 2.05) is 31.2 Å². The first-order chi connectivity index (χ1) is 10.2. The van der Waals surface area contributed by atoms with E-state index in [9.17, 15) is 9.59 Å². The highest BCUT2D eigenvalue weighted by atomic mass is 16.5. The third-order valence-electron chi connectivity index (χ3n) is 4.87. The SMILES string of the molecule is CCN1C(=O)C2(CC3CC(=O)C=C3CO2)c2ccccc21. The van der Waals surface area contributed by atoms with Gasteiger partial charge in [-0.25, -0.2) is 0 Å². The Labute approximate surface area is 123 Å². The van der Waals surface area contributed by atoms with Crippen LogP contribution in [0.15, 0.2) is 35.9 Å². The summed E-state index contributed by atoms with van der Waals surface area (Å²) in [5, 5.41) is 0. The second kappa shape index (κ2) is 4.28. The maximum absolute atomic E-state index is 12.9. The number of anilines is 1. The van der Waals surface area contributed by atoms with E-state index < -0.39 is 5.60 Å². The van der Waals surface area contributed by atoms with Gasteiger partial charge in [0.2, 0.25) is 0 Å². The predicted octanol–water partition coefficient (Wildman–Crippen LogP) is 2.18. The van der Waals surface area contributed by atoms with Gasteiger partial charge in [0.25, 0.3) is 5.91 Å². The Bertz CT molecular complexity index is 678. The molecule has 0 N–H and O–H groups in total. The highest BCUT2D eigenvalue weighted by molar-refractivity contribution is 6.07. The van der Waals surface area contributed by atoms with Gasteiger partial charge in [-0.2, -0.15) is 0 Å². The summed E-state index contributed by atoms with van der Waals surface area (Å²) in [7, 11) is 0. The van der Waals surface area contributed by atoms with Crippen LogP contribution in [0.25, 0.3) is 0 Å². The van der Waals surface area contributed by atoms with E-state index in [1.54, 1.807) is 11.0 Å². The summed E-state index contributed by atoms with van der Waals surface area (Å²) >= 11 is 0. The topological polar surface area (TPSA) is 46.6 Å². The molecular weight excluding hydrogens is 266 g/mol. The lowest BCUT2D eigenvalue weighted by Crippen LogP contribution is -2.46. The number of hydrogen-bond acceptors (Lipinski definition) is 3. The van der Waals surface area contributed by atoms with Crippen LogP contribution in [0, 0.1) is 5.92 Å². The Morgan fingerprint density at radius 3 is 2.95 bits per heavy atom. The number of fused-ring (bicyclic) bond motifs is 3. The van der Waals surface area contributed by atoms with Crippen LogP contribution in [0.1, 0.15) is 25.3 Å². The summed E-state index contributed by atoms with van der Waals surface area (Å²) in [5.74, 6) is 0.325. The van der Waals surface area contributed by atoms with Crippen molar-refractivity contribution in [1.82, 2.24) is 0 Å². The minimum absolute atomic E-state index is 0.0181. The molecule has 2 unspecified atom stereocenters. The molecule has 0 saturated carbocycles. The van der Waals surface area contributed by atoms with E-state index in [0.29, 0.717) is 26.0 Å². The summed E-state index contributed by atoms with van der Waals surface area (Å²) < 4.78 is 6.05. The second-order valence-corrected chi connectivity index (χ2v) is 5.97. The molecule has 2 atom stereocenters. The molecule has 0 bridgehead atoms. The summed E-state index contributed by atoms with van der Waals surface area (Å²) in [6.07, 6.45) is 2.79. The molecule has 1 aromatic rings. The fourth-order valence-electron chi connectivity index (χ4n) is 3.88. The molecule has 1 spiro atoms. The smallest absolute Gasteiger partial charge is 0.263 e. The summed E-state index contributed by atoms with van der Waals surface area (Å²) in [5.41, 5.74) is 2.06. The van der Waals surface area contributed by atoms with Crippen molar-refractivity contribution in [2.75, 3.05) is 18.1 Å². The maximum Gasteiger partial charge on any atom is 0.263 e. The van der Waals surface area contributed by atoms with E-state index in [0.717, 1.165) is 16.8 Å². The molecule has 1 aromatic carbocycles. The van der Waals surface area contributed by atoms with Crippen molar-refractivity contribution in [2.24, 2.45) is 5.92 Å². The quantitative estimate of drug-likeness (QED) is 0.793. The minimum Gasteiger partial charge on any atom is -0.356 e. The zero-order chi connectivity index (χ0) is 14.6. The van der Waals surface area contributed by atoms with E-state index in [4.69, 9.17) is 4.74 Å². The van der Waals surface area contributed by atoms with Crippen LogP contribution >= 0.6 is 0 Å². The molecule has 4 heteroatoms. The van der Waals surface area contributed by atoms with Crippen molar-refractivity contribution in [3.8, 4) is 0 Å². The Morgan fingerprint density at radius 2 is 2.14 bits per heavy atom. The number of ketones is 1. The first-order valence-electron chi connectivity index (χ1n) is 7.44. The standard InChI is InChI=1S/C17H17NO3/c1-2-18-15-6-4-3-5-14(15)17(16(18)20)9-11-7-13(19)8-12(11)10-21-17/h3-6,8,11H,2,7,9-10H2,1H3.